The van der Waals surface area contributed by atoms with Crippen LogP contribution in [-0.4, -0.2) is 15.6 Å². The summed E-state index contributed by atoms with van der Waals surface area (Å²) in [7, 11) is 0. The van der Waals surface area contributed by atoms with E-state index in [1.807, 2.05) is 6.07 Å². The average Bonchev–Trinajstić information content (AvgIpc) is 2.31. The van der Waals surface area contributed by atoms with E-state index in [1.54, 1.807) is 18.2 Å². The fourth-order valence-electron chi connectivity index (χ4n) is 1.60. The van der Waals surface area contributed by atoms with Crippen LogP contribution in [0, 0.1) is 0 Å². The molecular formula is C13H10ClNO3. The highest BCUT2D eigenvalue weighted by atomic mass is 35.5. The van der Waals surface area contributed by atoms with Gasteiger partial charge in [0.25, 0.3) is 5.56 Å². The Labute approximate surface area is 108 Å². The number of carboxylic acid groups (broad SMARTS) is 1. The lowest BCUT2D eigenvalue weighted by molar-refractivity contribution is 0.0696. The number of nitrogens with zero attached hydrogens (tertiary/aromatic N) is 1. The summed E-state index contributed by atoms with van der Waals surface area (Å²) in [6.07, 6.45) is 1.46. The second-order valence-electron chi connectivity index (χ2n) is 3.82. The molecule has 5 heteroatoms. The molecule has 0 amide bonds. The molecule has 2 aromatic rings. The minimum Gasteiger partial charge on any atom is -0.478 e. The van der Waals surface area contributed by atoms with Gasteiger partial charge >= 0.3 is 5.97 Å². The Balaban J connectivity index is 2.30. The van der Waals surface area contributed by atoms with Gasteiger partial charge < -0.3 is 9.67 Å². The Morgan fingerprint density at radius 2 is 2.06 bits per heavy atom. The molecule has 1 heterocycles. The summed E-state index contributed by atoms with van der Waals surface area (Å²) >= 11 is 5.85. The number of benzene rings is 1. The predicted octanol–water partition coefficient (Wildman–Crippen LogP) is 2.25. The van der Waals surface area contributed by atoms with Crippen LogP contribution in [0.25, 0.3) is 0 Å². The minimum atomic E-state index is -1.11. The zero-order valence-corrected chi connectivity index (χ0v) is 10.1. The number of pyridine rings is 1. The number of hydrogen-bond acceptors (Lipinski definition) is 2. The van der Waals surface area contributed by atoms with E-state index in [0.29, 0.717) is 11.6 Å². The molecule has 0 fully saturated rings. The molecule has 4 nitrogen and oxygen atoms in total. The van der Waals surface area contributed by atoms with E-state index >= 15 is 0 Å². The first-order valence-corrected chi connectivity index (χ1v) is 5.62. The maximum Gasteiger partial charge on any atom is 0.335 e. The van der Waals surface area contributed by atoms with Crippen molar-refractivity contribution in [3.8, 4) is 0 Å². The molecule has 1 N–H and O–H groups in total. The summed E-state index contributed by atoms with van der Waals surface area (Å²) in [5.74, 6) is -1.11. The zero-order chi connectivity index (χ0) is 13.1. The Morgan fingerprint density at radius 3 is 2.67 bits per heavy atom. The first-order chi connectivity index (χ1) is 8.56. The van der Waals surface area contributed by atoms with Gasteiger partial charge in [-0.3, -0.25) is 4.79 Å². The van der Waals surface area contributed by atoms with Crippen LogP contribution in [0.15, 0.2) is 47.4 Å². The molecule has 92 valence electrons. The molecule has 1 aromatic heterocycles. The van der Waals surface area contributed by atoms with E-state index in [1.165, 1.54) is 16.8 Å². The summed E-state index contributed by atoms with van der Waals surface area (Å²) in [5, 5.41) is 9.36. The second kappa shape index (κ2) is 5.06. The van der Waals surface area contributed by atoms with Gasteiger partial charge in [-0.2, -0.15) is 0 Å². The molecule has 0 spiro atoms. The number of carboxylic acids is 1. The van der Waals surface area contributed by atoms with Crippen LogP contribution < -0.4 is 5.56 Å². The maximum atomic E-state index is 11.7. The van der Waals surface area contributed by atoms with Gasteiger partial charge in [-0.25, -0.2) is 4.79 Å². The third-order valence-corrected chi connectivity index (χ3v) is 2.72. The van der Waals surface area contributed by atoms with E-state index in [0.717, 1.165) is 11.6 Å². The van der Waals surface area contributed by atoms with Crippen molar-refractivity contribution in [3.05, 3.63) is 69.1 Å². The van der Waals surface area contributed by atoms with E-state index in [2.05, 4.69) is 0 Å². The number of aromatic carboxylic acids is 1. The van der Waals surface area contributed by atoms with Gasteiger partial charge in [0.1, 0.15) is 0 Å². The van der Waals surface area contributed by atoms with Gasteiger partial charge in [-0.15, -0.1) is 0 Å². The lowest BCUT2D eigenvalue weighted by Crippen LogP contribution is -2.20. The first-order valence-electron chi connectivity index (χ1n) is 5.24. The molecular weight excluding hydrogens is 254 g/mol. The van der Waals surface area contributed by atoms with Crippen LogP contribution in [0.1, 0.15) is 15.9 Å². The summed E-state index contributed by atoms with van der Waals surface area (Å²) in [5.41, 5.74) is 0.518. The lowest BCUT2D eigenvalue weighted by atomic mass is 10.2. The largest absolute Gasteiger partial charge is 0.478 e. The molecule has 1 aromatic carbocycles. The molecule has 0 atom stereocenters. The highest BCUT2D eigenvalue weighted by molar-refractivity contribution is 6.30. The normalized spacial score (nSPS) is 10.3. The fourth-order valence-corrected chi connectivity index (χ4v) is 1.82. The van der Waals surface area contributed by atoms with Crippen molar-refractivity contribution >= 4 is 17.6 Å². The van der Waals surface area contributed by atoms with E-state index in [-0.39, 0.29) is 11.1 Å². The molecule has 2 rings (SSSR count). The smallest absolute Gasteiger partial charge is 0.335 e. The Bertz CT molecular complexity index is 649. The highest BCUT2D eigenvalue weighted by Gasteiger charge is 2.05. The Hall–Kier alpha value is -2.07. The maximum absolute atomic E-state index is 11.7. The quantitative estimate of drug-likeness (QED) is 0.924. The second-order valence-corrected chi connectivity index (χ2v) is 4.25. The summed E-state index contributed by atoms with van der Waals surface area (Å²) < 4.78 is 1.43. The number of halogens is 1. The van der Waals surface area contributed by atoms with Crippen LogP contribution in [0.4, 0.5) is 0 Å². The van der Waals surface area contributed by atoms with Crippen molar-refractivity contribution in [3.63, 3.8) is 0 Å². The van der Waals surface area contributed by atoms with Crippen LogP contribution in [0.3, 0.4) is 0 Å². The van der Waals surface area contributed by atoms with Gasteiger partial charge in [0.15, 0.2) is 0 Å². The lowest BCUT2D eigenvalue weighted by Gasteiger charge is -2.06. The Kier molecular flexibility index (Phi) is 3.48. The molecule has 0 aliphatic rings. The monoisotopic (exact) mass is 263 g/mol. The summed E-state index contributed by atoms with van der Waals surface area (Å²) in [6.45, 7) is 0.360. The van der Waals surface area contributed by atoms with Crippen molar-refractivity contribution in [2.24, 2.45) is 0 Å². The Morgan fingerprint density at radius 1 is 1.28 bits per heavy atom. The van der Waals surface area contributed by atoms with Crippen LogP contribution in [-0.2, 0) is 6.54 Å². The molecule has 0 aliphatic heterocycles. The molecule has 0 saturated carbocycles. The number of hydrogen-bond donors (Lipinski definition) is 1. The van der Waals surface area contributed by atoms with Crippen molar-refractivity contribution in [1.29, 1.82) is 0 Å². The summed E-state index contributed by atoms with van der Waals surface area (Å²) in [6, 6.07) is 9.67. The molecule has 18 heavy (non-hydrogen) atoms. The average molecular weight is 264 g/mol. The zero-order valence-electron chi connectivity index (χ0n) is 9.34. The van der Waals surface area contributed by atoms with Gasteiger partial charge in [0.2, 0.25) is 0 Å². The topological polar surface area (TPSA) is 59.3 Å². The van der Waals surface area contributed by atoms with Gasteiger partial charge in [0.05, 0.1) is 12.1 Å². The third kappa shape index (κ3) is 2.78. The standard InChI is InChI=1S/C13H10ClNO3/c14-11-3-1-2-9(6-11)8-15-5-4-10(13(17)18)7-12(15)16/h1-7H,8H2,(H,17,18). The van der Waals surface area contributed by atoms with Crippen LogP contribution >= 0.6 is 11.6 Å². The van der Waals surface area contributed by atoms with Crippen molar-refractivity contribution in [2.45, 2.75) is 6.54 Å². The molecule has 0 saturated heterocycles. The predicted molar refractivity (Wildman–Crippen MR) is 68.2 cm³/mol. The molecule has 0 unspecified atom stereocenters. The SMILES string of the molecule is O=C(O)c1ccn(Cc2cccc(Cl)c2)c(=O)c1. The van der Waals surface area contributed by atoms with Crippen LogP contribution in [0.2, 0.25) is 5.02 Å². The molecule has 0 aliphatic carbocycles. The van der Waals surface area contributed by atoms with Gasteiger partial charge in [-0.05, 0) is 23.8 Å². The molecule has 0 radical (unpaired) electrons. The summed E-state index contributed by atoms with van der Waals surface area (Å²) in [4.78, 5) is 22.4. The fraction of sp³-hybridized carbons (Fsp3) is 0.0769. The third-order valence-electron chi connectivity index (χ3n) is 2.48. The number of aromatic nitrogens is 1. The number of rotatable bonds is 3. The first kappa shape index (κ1) is 12.4. The van der Waals surface area contributed by atoms with E-state index in [9.17, 15) is 9.59 Å². The van der Waals surface area contributed by atoms with E-state index in [4.69, 9.17) is 16.7 Å². The van der Waals surface area contributed by atoms with Gasteiger partial charge in [0, 0.05) is 17.3 Å². The van der Waals surface area contributed by atoms with Crippen molar-refractivity contribution < 1.29 is 9.90 Å². The minimum absolute atomic E-state index is 0.0117. The van der Waals surface area contributed by atoms with Crippen molar-refractivity contribution in [1.82, 2.24) is 4.57 Å². The number of carbonyl (C=O) groups is 1. The van der Waals surface area contributed by atoms with Gasteiger partial charge in [-0.1, -0.05) is 23.7 Å². The molecule has 0 bridgehead atoms. The van der Waals surface area contributed by atoms with Crippen molar-refractivity contribution in [2.75, 3.05) is 0 Å². The van der Waals surface area contributed by atoms with Crippen LogP contribution in [0.5, 0.6) is 0 Å². The highest BCUT2D eigenvalue weighted by Crippen LogP contribution is 2.11. The van der Waals surface area contributed by atoms with E-state index < -0.39 is 5.97 Å².